The van der Waals surface area contributed by atoms with Gasteiger partial charge in [-0.25, -0.2) is 0 Å². The molecule has 0 unspecified atom stereocenters. The molecular weight excluding hydrogens is 329 g/mol. The summed E-state index contributed by atoms with van der Waals surface area (Å²) in [5.41, 5.74) is 1.25. The fourth-order valence-corrected chi connectivity index (χ4v) is 0.998. The van der Waals surface area contributed by atoms with Crippen molar-refractivity contribution in [2.24, 2.45) is 0 Å². The van der Waals surface area contributed by atoms with Crippen LogP contribution in [0.1, 0.15) is 12.8 Å². The predicted octanol–water partition coefficient (Wildman–Crippen LogP) is 1.88. The summed E-state index contributed by atoms with van der Waals surface area (Å²) in [4.78, 5) is 0. The minimum atomic E-state index is 0. The number of para-hydroxylation sites is 1. The van der Waals surface area contributed by atoms with Crippen LogP contribution in [-0.4, -0.2) is 33.3 Å². The molecule has 1 aromatic carbocycles. The van der Waals surface area contributed by atoms with Crippen LogP contribution in [0.15, 0.2) is 30.3 Å². The molecule has 2 heteroatoms. The Hall–Kier alpha value is -0.0579. The topological polar surface area (TPSA) is 12.0 Å². The van der Waals surface area contributed by atoms with Gasteiger partial charge in [-0.2, -0.15) is 0 Å². The average Bonchev–Trinajstić information content (AvgIpc) is 2.74. The van der Waals surface area contributed by atoms with Crippen LogP contribution in [-0.2, 0) is 0 Å². The first kappa shape index (κ1) is 9.03. The van der Waals surface area contributed by atoms with Gasteiger partial charge in [0.05, 0.1) is 0 Å². The van der Waals surface area contributed by atoms with Gasteiger partial charge >= 0.3 is 0 Å². The van der Waals surface area contributed by atoms with E-state index in [-0.39, 0.29) is 27.3 Å². The third kappa shape index (κ3) is 2.81. The van der Waals surface area contributed by atoms with Crippen molar-refractivity contribution in [2.75, 3.05) is 5.32 Å². The maximum Gasteiger partial charge on any atom is 0.0342 e. The van der Waals surface area contributed by atoms with Crippen molar-refractivity contribution in [3.8, 4) is 0 Å². The summed E-state index contributed by atoms with van der Waals surface area (Å²) in [5.74, 6) is 0. The second kappa shape index (κ2) is 4.09. The number of hydrogen-bond acceptors (Lipinski definition) is 1. The summed E-state index contributed by atoms with van der Waals surface area (Å²) in [7, 11) is 0. The van der Waals surface area contributed by atoms with Gasteiger partial charge in [-0.05, 0) is 25.0 Å². The third-order valence-electron chi connectivity index (χ3n) is 1.72. The van der Waals surface area contributed by atoms with Crippen molar-refractivity contribution in [2.45, 2.75) is 18.9 Å². The zero-order chi connectivity index (χ0) is 6.81. The maximum absolute atomic E-state index is 3.42. The molecular formula is C9H11NPb. The molecule has 56 valence electrons. The quantitative estimate of drug-likeness (QED) is 0.811. The molecule has 0 heterocycles. The molecule has 0 amide bonds. The monoisotopic (exact) mass is 341 g/mol. The van der Waals surface area contributed by atoms with Crippen LogP contribution in [0.3, 0.4) is 0 Å². The zero-order valence-electron chi connectivity index (χ0n) is 6.38. The Balaban J connectivity index is 0.000000605. The molecule has 0 aromatic heterocycles. The maximum atomic E-state index is 3.42. The van der Waals surface area contributed by atoms with Gasteiger partial charge in [-0.3, -0.25) is 0 Å². The van der Waals surface area contributed by atoms with Crippen molar-refractivity contribution in [1.29, 1.82) is 0 Å². The van der Waals surface area contributed by atoms with Gasteiger partial charge in [-0.1, -0.05) is 18.2 Å². The summed E-state index contributed by atoms with van der Waals surface area (Å²) in [6, 6.07) is 11.1. The second-order valence-corrected chi connectivity index (χ2v) is 2.78. The van der Waals surface area contributed by atoms with Crippen LogP contribution >= 0.6 is 0 Å². The molecule has 1 aliphatic carbocycles. The van der Waals surface area contributed by atoms with Crippen molar-refractivity contribution < 1.29 is 0 Å². The van der Waals surface area contributed by atoms with E-state index in [1.807, 2.05) is 6.07 Å². The van der Waals surface area contributed by atoms with Crippen molar-refractivity contribution in [3.05, 3.63) is 30.3 Å². The molecule has 0 aliphatic heterocycles. The van der Waals surface area contributed by atoms with E-state index in [9.17, 15) is 0 Å². The minimum Gasteiger partial charge on any atom is -0.382 e. The van der Waals surface area contributed by atoms with E-state index in [0.717, 1.165) is 6.04 Å². The SMILES string of the molecule is [Pb].c1ccc(NC2CC2)cc1. The molecule has 0 spiro atoms. The molecule has 1 fully saturated rings. The molecule has 1 N–H and O–H groups in total. The number of anilines is 1. The van der Waals surface area contributed by atoms with Crippen molar-refractivity contribution in [3.63, 3.8) is 0 Å². The van der Waals surface area contributed by atoms with Gasteiger partial charge < -0.3 is 5.32 Å². The normalized spacial score (nSPS) is 15.3. The van der Waals surface area contributed by atoms with Gasteiger partial charge in [0.25, 0.3) is 0 Å². The van der Waals surface area contributed by atoms with Gasteiger partial charge in [0.2, 0.25) is 0 Å². The molecule has 4 radical (unpaired) electrons. The van der Waals surface area contributed by atoms with Crippen LogP contribution in [0.25, 0.3) is 0 Å². The third-order valence-corrected chi connectivity index (χ3v) is 1.72. The molecule has 0 bridgehead atoms. The van der Waals surface area contributed by atoms with Crippen LogP contribution in [0.5, 0.6) is 0 Å². The van der Waals surface area contributed by atoms with Gasteiger partial charge in [0.1, 0.15) is 0 Å². The van der Waals surface area contributed by atoms with Crippen LogP contribution in [0, 0.1) is 0 Å². The summed E-state index contributed by atoms with van der Waals surface area (Å²) in [6.45, 7) is 0. The fraction of sp³-hybridized carbons (Fsp3) is 0.333. The number of nitrogens with one attached hydrogen (secondary N) is 1. The van der Waals surface area contributed by atoms with E-state index < -0.39 is 0 Å². The smallest absolute Gasteiger partial charge is 0.0342 e. The van der Waals surface area contributed by atoms with Gasteiger partial charge in [0.15, 0.2) is 0 Å². The van der Waals surface area contributed by atoms with Gasteiger partial charge in [0, 0.05) is 39.0 Å². The molecule has 1 saturated carbocycles. The Morgan fingerprint density at radius 3 is 2.27 bits per heavy atom. The molecule has 2 rings (SSSR count). The summed E-state index contributed by atoms with van der Waals surface area (Å²) in [5, 5.41) is 3.42. The van der Waals surface area contributed by atoms with Gasteiger partial charge in [-0.15, -0.1) is 0 Å². The molecule has 1 aromatic rings. The fourth-order valence-electron chi connectivity index (χ4n) is 0.998. The Labute approximate surface area is 87.4 Å². The molecule has 1 aliphatic rings. The predicted molar refractivity (Wildman–Crippen MR) is 48.8 cm³/mol. The Bertz CT molecular complexity index is 206. The Kier molecular flexibility index (Phi) is 3.36. The molecule has 0 saturated heterocycles. The largest absolute Gasteiger partial charge is 0.382 e. The first-order chi connectivity index (χ1) is 4.95. The summed E-state index contributed by atoms with van der Waals surface area (Å²) >= 11 is 0. The first-order valence-electron chi connectivity index (χ1n) is 3.77. The van der Waals surface area contributed by atoms with Crippen LogP contribution in [0.2, 0.25) is 0 Å². The van der Waals surface area contributed by atoms with E-state index in [0.29, 0.717) is 0 Å². The van der Waals surface area contributed by atoms with E-state index >= 15 is 0 Å². The van der Waals surface area contributed by atoms with E-state index in [1.54, 1.807) is 0 Å². The van der Waals surface area contributed by atoms with Crippen LogP contribution < -0.4 is 5.32 Å². The van der Waals surface area contributed by atoms with E-state index in [2.05, 4.69) is 29.6 Å². The summed E-state index contributed by atoms with van der Waals surface area (Å²) in [6.07, 6.45) is 2.68. The average molecular weight is 340 g/mol. The first-order valence-corrected chi connectivity index (χ1v) is 3.77. The van der Waals surface area contributed by atoms with Crippen LogP contribution in [0.4, 0.5) is 5.69 Å². The van der Waals surface area contributed by atoms with E-state index in [1.165, 1.54) is 18.5 Å². The minimum absolute atomic E-state index is 0. The Morgan fingerprint density at radius 2 is 1.73 bits per heavy atom. The number of rotatable bonds is 2. The molecule has 1 nitrogen and oxygen atoms in total. The van der Waals surface area contributed by atoms with Crippen molar-refractivity contribution in [1.82, 2.24) is 0 Å². The molecule has 0 atom stereocenters. The Morgan fingerprint density at radius 1 is 1.09 bits per heavy atom. The molecule has 11 heavy (non-hydrogen) atoms. The standard InChI is InChI=1S/C9H11N.Pb/c1-2-4-8(5-3-1)10-9-6-7-9;/h1-5,9-10H,6-7H2;. The van der Waals surface area contributed by atoms with E-state index in [4.69, 9.17) is 0 Å². The van der Waals surface area contributed by atoms with Crippen molar-refractivity contribution >= 4 is 33.0 Å². The summed E-state index contributed by atoms with van der Waals surface area (Å²) < 4.78 is 0. The second-order valence-electron chi connectivity index (χ2n) is 2.78. The number of hydrogen-bond donors (Lipinski definition) is 1. The number of benzene rings is 1. The zero-order valence-corrected chi connectivity index (χ0v) is 10.3.